The predicted octanol–water partition coefficient (Wildman–Crippen LogP) is 4.59. The van der Waals surface area contributed by atoms with Gasteiger partial charge in [-0.25, -0.2) is 9.78 Å². The number of carbonyl (C=O) groups is 2. The van der Waals surface area contributed by atoms with Gasteiger partial charge in [0.2, 0.25) is 0 Å². The molecule has 180 valence electrons. The van der Waals surface area contributed by atoms with E-state index in [0.717, 1.165) is 40.6 Å². The number of hydrogen-bond donors (Lipinski definition) is 1. The lowest BCUT2D eigenvalue weighted by molar-refractivity contribution is -0.124. The lowest BCUT2D eigenvalue weighted by Gasteiger charge is -2.22. The Bertz CT molecular complexity index is 1310. The molecule has 0 aliphatic heterocycles. The van der Waals surface area contributed by atoms with Gasteiger partial charge in [-0.1, -0.05) is 30.3 Å². The fraction of sp³-hybridized carbons (Fsp3) is 0.250. The van der Waals surface area contributed by atoms with Crippen molar-refractivity contribution in [2.45, 2.75) is 19.3 Å². The van der Waals surface area contributed by atoms with Crippen LogP contribution in [-0.2, 0) is 16.0 Å². The molecule has 2 aromatic carbocycles. The number of fused-ring (bicyclic) bond motifs is 2. The molecule has 1 aliphatic carbocycles. The summed E-state index contributed by atoms with van der Waals surface area (Å²) in [4.78, 5) is 30.1. The maximum atomic E-state index is 13.2. The Morgan fingerprint density at radius 1 is 1.09 bits per heavy atom. The summed E-state index contributed by atoms with van der Waals surface area (Å²) in [6.45, 7) is 3.52. The number of allylic oxidation sites excluding steroid dienone is 1. The number of para-hydroxylation sites is 1. The van der Waals surface area contributed by atoms with Crippen LogP contribution >= 0.6 is 0 Å². The van der Waals surface area contributed by atoms with E-state index in [0.29, 0.717) is 35.5 Å². The Morgan fingerprint density at radius 3 is 2.66 bits per heavy atom. The fourth-order valence-electron chi connectivity index (χ4n) is 4.29. The van der Waals surface area contributed by atoms with Gasteiger partial charge in [0.15, 0.2) is 18.1 Å². The van der Waals surface area contributed by atoms with Crippen molar-refractivity contribution >= 4 is 34.4 Å². The number of hydrogen-bond acceptors (Lipinski definition) is 6. The van der Waals surface area contributed by atoms with Crippen LogP contribution in [0.4, 0.5) is 0 Å². The second kappa shape index (κ2) is 10.9. The van der Waals surface area contributed by atoms with Crippen molar-refractivity contribution in [2.24, 2.45) is 0 Å². The first-order valence-corrected chi connectivity index (χ1v) is 11.4. The second-order valence-electron chi connectivity index (χ2n) is 8.14. The number of amides is 1. The molecule has 0 saturated carbocycles. The number of ether oxygens (including phenoxy) is 3. The topological polar surface area (TPSA) is 86.8 Å². The van der Waals surface area contributed by atoms with E-state index in [1.807, 2.05) is 42.5 Å². The summed E-state index contributed by atoms with van der Waals surface area (Å²) < 4.78 is 16.2. The molecule has 1 N–H and O–H groups in total. The van der Waals surface area contributed by atoms with E-state index in [-0.39, 0.29) is 12.5 Å². The smallest absolute Gasteiger partial charge is 0.339 e. The average Bonchev–Trinajstić information content (AvgIpc) is 2.89. The van der Waals surface area contributed by atoms with Gasteiger partial charge >= 0.3 is 5.97 Å². The molecule has 7 heteroatoms. The van der Waals surface area contributed by atoms with Gasteiger partial charge in [0.1, 0.15) is 0 Å². The molecule has 35 heavy (non-hydrogen) atoms. The Balaban J connectivity index is 1.75. The molecule has 1 heterocycles. The Kier molecular flexibility index (Phi) is 7.45. The zero-order valence-corrected chi connectivity index (χ0v) is 19.9. The van der Waals surface area contributed by atoms with E-state index < -0.39 is 5.97 Å². The predicted molar refractivity (Wildman–Crippen MR) is 136 cm³/mol. The van der Waals surface area contributed by atoms with Gasteiger partial charge in [-0.15, -0.1) is 6.58 Å². The summed E-state index contributed by atoms with van der Waals surface area (Å²) in [6.07, 6.45) is 6.03. The first-order chi connectivity index (χ1) is 17.0. The van der Waals surface area contributed by atoms with Crippen LogP contribution in [0.1, 0.15) is 40.0 Å². The highest BCUT2D eigenvalue weighted by Gasteiger charge is 2.26. The van der Waals surface area contributed by atoms with Gasteiger partial charge < -0.3 is 19.5 Å². The van der Waals surface area contributed by atoms with E-state index >= 15 is 0 Å². The number of methoxy groups -OCH3 is 2. The Hall–Kier alpha value is -4.13. The first kappa shape index (κ1) is 24.0. The lowest BCUT2D eigenvalue weighted by atomic mass is 9.86. The van der Waals surface area contributed by atoms with Crippen LogP contribution in [0.25, 0.3) is 22.6 Å². The summed E-state index contributed by atoms with van der Waals surface area (Å²) in [5, 5.41) is 3.33. The van der Waals surface area contributed by atoms with Crippen LogP contribution in [0.3, 0.4) is 0 Å². The fourth-order valence-corrected chi connectivity index (χ4v) is 4.29. The maximum absolute atomic E-state index is 13.2. The minimum atomic E-state index is -0.527. The standard InChI is InChI=1S/C28H28N2O5/c1-4-14-29-25(31)17-35-28(32)26-20-9-5-6-11-22(20)30-27-19(8-7-10-21(26)27)15-18-12-13-23(33-2)24(16-18)34-3/h4-6,9,11-13,15-16H,1,7-8,10,14,17H2,2-3H3,(H,29,31). The van der Waals surface area contributed by atoms with Crippen molar-refractivity contribution in [3.63, 3.8) is 0 Å². The minimum Gasteiger partial charge on any atom is -0.493 e. The Morgan fingerprint density at radius 2 is 1.89 bits per heavy atom. The molecule has 0 radical (unpaired) electrons. The van der Waals surface area contributed by atoms with E-state index in [1.54, 1.807) is 20.3 Å². The molecule has 7 nitrogen and oxygen atoms in total. The monoisotopic (exact) mass is 472 g/mol. The number of nitrogens with zero attached hydrogens (tertiary/aromatic N) is 1. The molecule has 0 saturated heterocycles. The van der Waals surface area contributed by atoms with Gasteiger partial charge in [0.05, 0.1) is 31.0 Å². The summed E-state index contributed by atoms with van der Waals surface area (Å²) in [6, 6.07) is 13.2. The molecule has 0 unspecified atom stereocenters. The second-order valence-corrected chi connectivity index (χ2v) is 8.14. The Labute approximate surface area is 204 Å². The molecule has 0 spiro atoms. The number of benzene rings is 2. The number of esters is 1. The zero-order chi connectivity index (χ0) is 24.8. The third-order valence-electron chi connectivity index (χ3n) is 5.90. The molecular weight excluding hydrogens is 444 g/mol. The summed E-state index contributed by atoms with van der Waals surface area (Å²) >= 11 is 0. The molecule has 1 aromatic heterocycles. The van der Waals surface area contributed by atoms with Crippen molar-refractivity contribution in [3.8, 4) is 11.5 Å². The summed E-state index contributed by atoms with van der Waals surface area (Å²) in [5.41, 5.74) is 4.78. The quantitative estimate of drug-likeness (QED) is 0.381. The lowest BCUT2D eigenvalue weighted by Crippen LogP contribution is -2.29. The van der Waals surface area contributed by atoms with E-state index in [1.165, 1.54) is 0 Å². The molecule has 0 atom stereocenters. The first-order valence-electron chi connectivity index (χ1n) is 11.4. The third-order valence-corrected chi connectivity index (χ3v) is 5.90. The van der Waals surface area contributed by atoms with E-state index in [2.05, 4.69) is 18.0 Å². The van der Waals surface area contributed by atoms with Crippen molar-refractivity contribution in [1.29, 1.82) is 0 Å². The van der Waals surface area contributed by atoms with Crippen LogP contribution in [-0.4, -0.2) is 44.2 Å². The number of aromatic nitrogens is 1. The largest absolute Gasteiger partial charge is 0.493 e. The molecule has 0 fully saturated rings. The van der Waals surface area contributed by atoms with E-state index in [9.17, 15) is 9.59 Å². The third kappa shape index (κ3) is 5.19. The molecule has 4 rings (SSSR count). The molecule has 1 aliphatic rings. The molecular formula is C28H28N2O5. The molecule has 1 amide bonds. The average molecular weight is 473 g/mol. The molecule has 0 bridgehead atoms. The van der Waals surface area contributed by atoms with Crippen LogP contribution in [0.2, 0.25) is 0 Å². The van der Waals surface area contributed by atoms with Crippen LogP contribution in [0.15, 0.2) is 55.1 Å². The van der Waals surface area contributed by atoms with Gasteiger partial charge in [0, 0.05) is 11.9 Å². The zero-order valence-electron chi connectivity index (χ0n) is 19.9. The van der Waals surface area contributed by atoms with Gasteiger partial charge in [-0.2, -0.15) is 0 Å². The molecule has 3 aromatic rings. The van der Waals surface area contributed by atoms with Crippen molar-refractivity contribution in [2.75, 3.05) is 27.4 Å². The number of carbonyl (C=O) groups excluding carboxylic acids is 2. The number of pyridine rings is 1. The highest BCUT2D eigenvalue weighted by atomic mass is 16.5. The highest BCUT2D eigenvalue weighted by Crippen LogP contribution is 2.37. The number of rotatable bonds is 8. The van der Waals surface area contributed by atoms with Crippen molar-refractivity contribution < 1.29 is 23.8 Å². The van der Waals surface area contributed by atoms with Crippen molar-refractivity contribution in [1.82, 2.24) is 10.3 Å². The van der Waals surface area contributed by atoms with Gasteiger partial charge in [-0.05, 0) is 60.2 Å². The SMILES string of the molecule is C=CCNC(=O)COC(=O)c1c2c(nc3ccccc13)C(=Cc1ccc(OC)c(OC)c1)CCC2. The van der Waals surface area contributed by atoms with Crippen molar-refractivity contribution in [3.05, 3.63) is 77.5 Å². The summed E-state index contributed by atoms with van der Waals surface area (Å²) in [5.74, 6) is 0.397. The highest BCUT2D eigenvalue weighted by molar-refractivity contribution is 6.07. The van der Waals surface area contributed by atoms with Gasteiger partial charge in [0.25, 0.3) is 5.91 Å². The number of nitrogens with one attached hydrogen (secondary N) is 1. The minimum absolute atomic E-state index is 0.314. The summed E-state index contributed by atoms with van der Waals surface area (Å²) in [7, 11) is 3.21. The van der Waals surface area contributed by atoms with Crippen LogP contribution in [0.5, 0.6) is 11.5 Å². The van der Waals surface area contributed by atoms with Gasteiger partial charge in [-0.3, -0.25) is 4.79 Å². The van der Waals surface area contributed by atoms with E-state index in [4.69, 9.17) is 19.2 Å². The van der Waals surface area contributed by atoms with Crippen LogP contribution in [0, 0.1) is 0 Å². The van der Waals surface area contributed by atoms with Crippen LogP contribution < -0.4 is 14.8 Å². The normalized spacial score (nSPS) is 13.7. The maximum Gasteiger partial charge on any atom is 0.339 e.